The molecule has 0 aliphatic carbocycles. The van der Waals surface area contributed by atoms with Crippen molar-refractivity contribution < 1.29 is 4.79 Å². The number of amides is 1. The molecule has 8 nitrogen and oxygen atoms in total. The van der Waals surface area contributed by atoms with Gasteiger partial charge in [0.1, 0.15) is 12.2 Å². The normalized spacial score (nSPS) is 10.9. The van der Waals surface area contributed by atoms with E-state index in [-0.39, 0.29) is 29.9 Å². The van der Waals surface area contributed by atoms with Gasteiger partial charge in [0.25, 0.3) is 5.91 Å². The molecule has 0 fully saturated rings. The second-order valence-corrected chi connectivity index (χ2v) is 5.89. The Labute approximate surface area is 177 Å². The highest BCUT2D eigenvalue weighted by Crippen LogP contribution is 2.04. The summed E-state index contributed by atoms with van der Waals surface area (Å²) in [5.74, 6) is 1.47. The zero-order valence-corrected chi connectivity index (χ0v) is 18.4. The monoisotopic (exact) mass is 485 g/mol. The maximum absolute atomic E-state index is 12.0. The molecule has 9 heteroatoms. The van der Waals surface area contributed by atoms with Gasteiger partial charge >= 0.3 is 0 Å². The van der Waals surface area contributed by atoms with Gasteiger partial charge in [0.2, 0.25) is 0 Å². The first-order chi connectivity index (χ1) is 12.6. The Morgan fingerprint density at radius 3 is 2.44 bits per heavy atom. The summed E-state index contributed by atoms with van der Waals surface area (Å²) < 4.78 is 1.71. The molecule has 1 heterocycles. The van der Waals surface area contributed by atoms with Crippen LogP contribution in [0.1, 0.15) is 41.5 Å². The average molecular weight is 485 g/mol. The summed E-state index contributed by atoms with van der Waals surface area (Å²) in [6.07, 6.45) is 3.58. The molecule has 3 N–H and O–H groups in total. The van der Waals surface area contributed by atoms with Gasteiger partial charge in [-0.1, -0.05) is 25.5 Å². The molecule has 0 saturated heterocycles. The van der Waals surface area contributed by atoms with Crippen molar-refractivity contribution in [3.63, 3.8) is 0 Å². The van der Waals surface area contributed by atoms with Crippen LogP contribution >= 0.6 is 24.0 Å². The highest BCUT2D eigenvalue weighted by molar-refractivity contribution is 14.0. The molecule has 2 rings (SSSR count). The Bertz CT molecular complexity index is 728. The van der Waals surface area contributed by atoms with Gasteiger partial charge in [-0.15, -0.1) is 24.0 Å². The van der Waals surface area contributed by atoms with E-state index in [1.807, 2.05) is 31.3 Å². The molecule has 1 aromatic carbocycles. The summed E-state index contributed by atoms with van der Waals surface area (Å²) in [5, 5.41) is 13.4. The number of carbonyl (C=O) groups excluding carboxylic acids is 1. The summed E-state index contributed by atoms with van der Waals surface area (Å²) in [6, 6.07) is 7.57. The minimum atomic E-state index is -0.0286. The van der Waals surface area contributed by atoms with Gasteiger partial charge in [-0.25, -0.2) is 4.98 Å². The number of aromatic nitrogens is 3. The van der Waals surface area contributed by atoms with E-state index in [2.05, 4.69) is 37.9 Å². The highest BCUT2D eigenvalue weighted by atomic mass is 127. The van der Waals surface area contributed by atoms with Crippen molar-refractivity contribution in [1.29, 1.82) is 0 Å². The SMILES string of the molecule is CCCCNC(=O)c1ccc(CNC(=NC)NCc2ncnn2C)cc1.I. The summed E-state index contributed by atoms with van der Waals surface area (Å²) >= 11 is 0. The van der Waals surface area contributed by atoms with Gasteiger partial charge < -0.3 is 16.0 Å². The molecular formula is C18H28IN7O. The van der Waals surface area contributed by atoms with E-state index < -0.39 is 0 Å². The first-order valence-electron chi connectivity index (χ1n) is 8.78. The Morgan fingerprint density at radius 2 is 1.85 bits per heavy atom. The fraction of sp³-hybridized carbons (Fsp3) is 0.444. The molecule has 2 aromatic rings. The van der Waals surface area contributed by atoms with Gasteiger partial charge in [-0.2, -0.15) is 5.10 Å². The smallest absolute Gasteiger partial charge is 0.251 e. The number of unbranched alkanes of at least 4 members (excludes halogenated alkanes) is 1. The summed E-state index contributed by atoms with van der Waals surface area (Å²) in [5.41, 5.74) is 1.74. The first-order valence-corrected chi connectivity index (χ1v) is 8.78. The molecule has 148 valence electrons. The molecule has 0 atom stereocenters. The van der Waals surface area contributed by atoms with Crippen LogP contribution in [0.25, 0.3) is 0 Å². The van der Waals surface area contributed by atoms with Gasteiger partial charge in [0, 0.05) is 32.7 Å². The minimum absolute atomic E-state index is 0. The zero-order valence-electron chi connectivity index (χ0n) is 16.0. The van der Waals surface area contributed by atoms with E-state index in [9.17, 15) is 4.79 Å². The number of halogens is 1. The second kappa shape index (κ2) is 12.3. The number of hydrogen-bond acceptors (Lipinski definition) is 4. The molecule has 0 aliphatic rings. The van der Waals surface area contributed by atoms with Crippen molar-refractivity contribution >= 4 is 35.8 Å². The fourth-order valence-corrected chi connectivity index (χ4v) is 2.30. The molecular weight excluding hydrogens is 457 g/mol. The van der Waals surface area contributed by atoms with Crippen LogP contribution in [0.3, 0.4) is 0 Å². The number of guanidine groups is 1. The lowest BCUT2D eigenvalue weighted by Gasteiger charge is -2.12. The number of nitrogens with one attached hydrogen (secondary N) is 3. The predicted molar refractivity (Wildman–Crippen MR) is 117 cm³/mol. The van der Waals surface area contributed by atoms with Crippen molar-refractivity contribution in [3.05, 3.63) is 47.5 Å². The van der Waals surface area contributed by atoms with Gasteiger partial charge in [-0.3, -0.25) is 14.5 Å². The number of hydrogen-bond donors (Lipinski definition) is 3. The maximum atomic E-state index is 12.0. The number of aliphatic imine (C=N–C) groups is 1. The van der Waals surface area contributed by atoms with Crippen LogP contribution in [-0.2, 0) is 20.1 Å². The standard InChI is InChI=1S/C18H27N7O.HI/c1-4-5-10-20-17(26)15-8-6-14(7-9-15)11-21-18(19-2)22-12-16-23-13-24-25(16)3;/h6-9,13H,4-5,10-12H2,1-3H3,(H,20,26)(H2,19,21,22);1H. The van der Waals surface area contributed by atoms with Crippen LogP contribution in [0.2, 0.25) is 0 Å². The van der Waals surface area contributed by atoms with Crippen molar-refractivity contribution in [2.45, 2.75) is 32.9 Å². The van der Waals surface area contributed by atoms with Crippen LogP contribution in [0.4, 0.5) is 0 Å². The van der Waals surface area contributed by atoms with E-state index in [4.69, 9.17) is 0 Å². The molecule has 1 aromatic heterocycles. The molecule has 0 bridgehead atoms. The van der Waals surface area contributed by atoms with Gasteiger partial charge in [-0.05, 0) is 24.1 Å². The highest BCUT2D eigenvalue weighted by Gasteiger charge is 2.06. The largest absolute Gasteiger partial charge is 0.352 e. The minimum Gasteiger partial charge on any atom is -0.352 e. The summed E-state index contributed by atoms with van der Waals surface area (Å²) in [4.78, 5) is 20.4. The molecule has 0 spiro atoms. The molecule has 27 heavy (non-hydrogen) atoms. The Hall–Kier alpha value is -2.17. The third kappa shape index (κ3) is 7.53. The van der Waals surface area contributed by atoms with E-state index in [0.29, 0.717) is 31.2 Å². The van der Waals surface area contributed by atoms with Crippen molar-refractivity contribution in [1.82, 2.24) is 30.7 Å². The van der Waals surface area contributed by atoms with Crippen LogP contribution in [0.5, 0.6) is 0 Å². The number of benzene rings is 1. The van der Waals surface area contributed by atoms with E-state index >= 15 is 0 Å². The van der Waals surface area contributed by atoms with Gasteiger partial charge in [0.05, 0.1) is 6.54 Å². The number of rotatable bonds is 8. The van der Waals surface area contributed by atoms with Crippen LogP contribution in [0, 0.1) is 0 Å². The number of carbonyl (C=O) groups is 1. The topological polar surface area (TPSA) is 96.2 Å². The average Bonchev–Trinajstić information content (AvgIpc) is 3.07. The molecule has 0 aliphatic heterocycles. The lowest BCUT2D eigenvalue weighted by atomic mass is 10.1. The van der Waals surface area contributed by atoms with Crippen LogP contribution in [-0.4, -0.2) is 40.2 Å². The molecule has 0 unspecified atom stereocenters. The van der Waals surface area contributed by atoms with Gasteiger partial charge in [0.15, 0.2) is 5.96 Å². The van der Waals surface area contributed by atoms with E-state index in [1.54, 1.807) is 11.7 Å². The Morgan fingerprint density at radius 1 is 1.15 bits per heavy atom. The van der Waals surface area contributed by atoms with Crippen LogP contribution in [0.15, 0.2) is 35.6 Å². The number of nitrogens with zero attached hydrogens (tertiary/aromatic N) is 4. The lowest BCUT2D eigenvalue weighted by Crippen LogP contribution is -2.37. The third-order valence-electron chi connectivity index (χ3n) is 3.93. The molecule has 1 amide bonds. The van der Waals surface area contributed by atoms with Crippen LogP contribution < -0.4 is 16.0 Å². The van der Waals surface area contributed by atoms with Crippen molar-refractivity contribution in [3.8, 4) is 0 Å². The summed E-state index contributed by atoms with van der Waals surface area (Å²) in [7, 11) is 3.57. The fourth-order valence-electron chi connectivity index (χ4n) is 2.30. The lowest BCUT2D eigenvalue weighted by molar-refractivity contribution is 0.0953. The first kappa shape index (κ1) is 22.9. The third-order valence-corrected chi connectivity index (χ3v) is 3.93. The van der Waals surface area contributed by atoms with Crippen molar-refractivity contribution in [2.24, 2.45) is 12.0 Å². The van der Waals surface area contributed by atoms with E-state index in [1.165, 1.54) is 6.33 Å². The van der Waals surface area contributed by atoms with Crippen molar-refractivity contribution in [2.75, 3.05) is 13.6 Å². The molecule has 0 radical (unpaired) electrons. The quantitative estimate of drug-likeness (QED) is 0.230. The zero-order chi connectivity index (χ0) is 18.8. The Kier molecular flexibility index (Phi) is 10.4. The summed E-state index contributed by atoms with van der Waals surface area (Å²) in [6.45, 7) is 3.96. The maximum Gasteiger partial charge on any atom is 0.251 e. The second-order valence-electron chi connectivity index (χ2n) is 5.89. The Balaban J connectivity index is 0.00000364. The van der Waals surface area contributed by atoms with E-state index in [0.717, 1.165) is 24.2 Å². The predicted octanol–water partition coefficient (Wildman–Crippen LogP) is 1.83. The molecule has 0 saturated carbocycles. The number of aryl methyl sites for hydroxylation is 1.